The summed E-state index contributed by atoms with van der Waals surface area (Å²) >= 11 is 3.37. The van der Waals surface area contributed by atoms with E-state index in [0.717, 1.165) is 21.9 Å². The van der Waals surface area contributed by atoms with E-state index in [2.05, 4.69) is 25.9 Å². The smallest absolute Gasteiger partial charge is 0.0912 e. The maximum absolute atomic E-state index is 5.49. The fourth-order valence-electron chi connectivity index (χ4n) is 1.38. The molecule has 0 unspecified atom stereocenters. The Morgan fingerprint density at radius 2 is 2.38 bits per heavy atom. The number of H-pyrrole nitrogens is 1. The number of hydrogen-bond donors (Lipinski definition) is 2. The quantitative estimate of drug-likeness (QED) is 0.841. The van der Waals surface area contributed by atoms with Crippen molar-refractivity contribution >= 4 is 27.0 Å². The minimum Gasteiger partial charge on any atom is -0.360 e. The Morgan fingerprint density at radius 1 is 1.54 bits per heavy atom. The highest BCUT2D eigenvalue weighted by Crippen LogP contribution is 2.19. The highest BCUT2D eigenvalue weighted by atomic mass is 79.9. The summed E-state index contributed by atoms with van der Waals surface area (Å²) in [6.45, 7) is 0.657. The molecule has 0 aliphatic carbocycles. The van der Waals surface area contributed by atoms with E-state index in [1.807, 2.05) is 12.3 Å². The summed E-state index contributed by atoms with van der Waals surface area (Å²) in [5.41, 5.74) is 8.75. The van der Waals surface area contributed by atoms with Crippen molar-refractivity contribution in [2.24, 2.45) is 5.73 Å². The van der Waals surface area contributed by atoms with Crippen molar-refractivity contribution in [2.45, 2.75) is 6.42 Å². The maximum atomic E-state index is 5.49. The fraction of sp³-hybridized carbons (Fsp3) is 0.222. The number of aromatic amines is 1. The Morgan fingerprint density at radius 3 is 3.15 bits per heavy atom. The van der Waals surface area contributed by atoms with Gasteiger partial charge in [0.05, 0.1) is 11.0 Å². The molecule has 0 aromatic carbocycles. The van der Waals surface area contributed by atoms with Crippen molar-refractivity contribution in [3.05, 3.63) is 28.5 Å². The molecule has 0 saturated heterocycles. The van der Waals surface area contributed by atoms with Gasteiger partial charge in [-0.25, -0.2) is 0 Å². The normalized spacial score (nSPS) is 10.9. The maximum Gasteiger partial charge on any atom is 0.0912 e. The molecule has 0 amide bonds. The van der Waals surface area contributed by atoms with Gasteiger partial charge in [0.2, 0.25) is 0 Å². The lowest BCUT2D eigenvalue weighted by Gasteiger charge is -1.94. The van der Waals surface area contributed by atoms with Crippen LogP contribution in [0.5, 0.6) is 0 Å². The SMILES string of the molecule is NCCc1c[nH]c2cc(Br)cnc12. The van der Waals surface area contributed by atoms with Gasteiger partial charge in [-0.2, -0.15) is 0 Å². The molecule has 2 aromatic heterocycles. The van der Waals surface area contributed by atoms with Crippen molar-refractivity contribution < 1.29 is 0 Å². The second-order valence-electron chi connectivity index (χ2n) is 2.90. The van der Waals surface area contributed by atoms with E-state index >= 15 is 0 Å². The van der Waals surface area contributed by atoms with Gasteiger partial charge in [-0.15, -0.1) is 0 Å². The average Bonchev–Trinajstić information content (AvgIpc) is 2.49. The third-order valence-electron chi connectivity index (χ3n) is 1.97. The van der Waals surface area contributed by atoms with E-state index in [9.17, 15) is 0 Å². The lowest BCUT2D eigenvalue weighted by atomic mass is 10.2. The van der Waals surface area contributed by atoms with Crippen molar-refractivity contribution in [1.29, 1.82) is 0 Å². The Bertz CT molecular complexity index is 422. The zero-order valence-corrected chi connectivity index (χ0v) is 8.63. The molecule has 2 aromatic rings. The molecule has 0 atom stereocenters. The van der Waals surface area contributed by atoms with E-state index in [4.69, 9.17) is 5.73 Å². The number of fused-ring (bicyclic) bond motifs is 1. The van der Waals surface area contributed by atoms with Crippen LogP contribution in [0.4, 0.5) is 0 Å². The summed E-state index contributed by atoms with van der Waals surface area (Å²) in [5.74, 6) is 0. The van der Waals surface area contributed by atoms with Crippen LogP contribution in [-0.4, -0.2) is 16.5 Å². The number of rotatable bonds is 2. The largest absolute Gasteiger partial charge is 0.360 e. The molecule has 3 N–H and O–H groups in total. The van der Waals surface area contributed by atoms with Crippen LogP contribution in [0.1, 0.15) is 5.56 Å². The third-order valence-corrected chi connectivity index (χ3v) is 2.41. The number of nitrogens with one attached hydrogen (secondary N) is 1. The van der Waals surface area contributed by atoms with Gasteiger partial charge < -0.3 is 10.7 Å². The summed E-state index contributed by atoms with van der Waals surface area (Å²) in [5, 5.41) is 0. The van der Waals surface area contributed by atoms with E-state index in [1.165, 1.54) is 5.56 Å². The van der Waals surface area contributed by atoms with Crippen LogP contribution < -0.4 is 5.73 Å². The average molecular weight is 240 g/mol. The lowest BCUT2D eigenvalue weighted by Crippen LogP contribution is -2.02. The summed E-state index contributed by atoms with van der Waals surface area (Å²) in [6.07, 6.45) is 4.64. The molecule has 0 fully saturated rings. The third kappa shape index (κ3) is 1.59. The zero-order valence-electron chi connectivity index (χ0n) is 7.05. The van der Waals surface area contributed by atoms with Crippen molar-refractivity contribution in [2.75, 3.05) is 6.54 Å². The van der Waals surface area contributed by atoms with Crippen LogP contribution in [0.25, 0.3) is 11.0 Å². The van der Waals surface area contributed by atoms with Crippen LogP contribution in [0, 0.1) is 0 Å². The summed E-state index contributed by atoms with van der Waals surface area (Å²) < 4.78 is 0.987. The number of nitrogens with zero attached hydrogens (tertiary/aromatic N) is 1. The molecule has 0 aliphatic rings. The van der Waals surface area contributed by atoms with Gasteiger partial charge in [-0.05, 0) is 40.5 Å². The first-order valence-electron chi connectivity index (χ1n) is 4.13. The van der Waals surface area contributed by atoms with Gasteiger partial charge in [0, 0.05) is 16.9 Å². The van der Waals surface area contributed by atoms with E-state index in [-0.39, 0.29) is 0 Å². The molecule has 0 saturated carbocycles. The predicted octanol–water partition coefficient (Wildman–Crippen LogP) is 1.83. The molecule has 0 radical (unpaired) electrons. The van der Waals surface area contributed by atoms with Crippen LogP contribution >= 0.6 is 15.9 Å². The van der Waals surface area contributed by atoms with Gasteiger partial charge >= 0.3 is 0 Å². The summed E-state index contributed by atoms with van der Waals surface area (Å²) in [7, 11) is 0. The Labute approximate surface area is 84.5 Å². The minimum absolute atomic E-state index is 0.657. The molecule has 0 bridgehead atoms. The Hall–Kier alpha value is -0.870. The molecule has 68 valence electrons. The van der Waals surface area contributed by atoms with Gasteiger partial charge in [0.15, 0.2) is 0 Å². The van der Waals surface area contributed by atoms with Crippen molar-refractivity contribution in [3.8, 4) is 0 Å². The Kier molecular flexibility index (Phi) is 2.33. The molecule has 13 heavy (non-hydrogen) atoms. The first-order chi connectivity index (χ1) is 6.31. The van der Waals surface area contributed by atoms with Crippen molar-refractivity contribution in [1.82, 2.24) is 9.97 Å². The van der Waals surface area contributed by atoms with E-state index in [0.29, 0.717) is 6.54 Å². The van der Waals surface area contributed by atoms with E-state index in [1.54, 1.807) is 6.20 Å². The number of pyridine rings is 1. The highest BCUT2D eigenvalue weighted by molar-refractivity contribution is 9.10. The van der Waals surface area contributed by atoms with Gasteiger partial charge in [0.25, 0.3) is 0 Å². The van der Waals surface area contributed by atoms with Gasteiger partial charge in [-0.1, -0.05) is 0 Å². The van der Waals surface area contributed by atoms with Crippen LogP contribution in [0.15, 0.2) is 22.9 Å². The highest BCUT2D eigenvalue weighted by Gasteiger charge is 2.03. The number of nitrogens with two attached hydrogens (primary N) is 1. The zero-order chi connectivity index (χ0) is 9.26. The topological polar surface area (TPSA) is 54.7 Å². The first-order valence-corrected chi connectivity index (χ1v) is 4.92. The molecular formula is C9H10BrN3. The second-order valence-corrected chi connectivity index (χ2v) is 3.82. The first kappa shape index (κ1) is 8.72. The molecule has 2 rings (SSSR count). The number of halogens is 1. The molecule has 0 aliphatic heterocycles. The van der Waals surface area contributed by atoms with Crippen molar-refractivity contribution in [3.63, 3.8) is 0 Å². The van der Waals surface area contributed by atoms with Crippen LogP contribution in [-0.2, 0) is 6.42 Å². The Balaban J connectivity index is 2.55. The standard InChI is InChI=1S/C9H10BrN3/c10-7-3-8-9(13-5-7)6(1-2-11)4-12-8/h3-5,12H,1-2,11H2. The predicted molar refractivity (Wildman–Crippen MR) is 56.6 cm³/mol. The fourth-order valence-corrected chi connectivity index (χ4v) is 1.72. The van der Waals surface area contributed by atoms with Crippen LogP contribution in [0.3, 0.4) is 0 Å². The second kappa shape index (κ2) is 3.47. The number of aromatic nitrogens is 2. The van der Waals surface area contributed by atoms with Gasteiger partial charge in [0.1, 0.15) is 0 Å². The molecule has 2 heterocycles. The molecule has 0 spiro atoms. The lowest BCUT2D eigenvalue weighted by molar-refractivity contribution is 0.973. The van der Waals surface area contributed by atoms with Gasteiger partial charge in [-0.3, -0.25) is 4.98 Å². The van der Waals surface area contributed by atoms with Crippen LogP contribution in [0.2, 0.25) is 0 Å². The molecule has 3 nitrogen and oxygen atoms in total. The van der Waals surface area contributed by atoms with E-state index < -0.39 is 0 Å². The summed E-state index contributed by atoms with van der Waals surface area (Å²) in [4.78, 5) is 7.49. The molecule has 4 heteroatoms. The molecular weight excluding hydrogens is 230 g/mol. The monoisotopic (exact) mass is 239 g/mol. The summed E-state index contributed by atoms with van der Waals surface area (Å²) in [6, 6.07) is 2.02. The number of hydrogen-bond acceptors (Lipinski definition) is 2. The minimum atomic E-state index is 0.657.